The van der Waals surface area contributed by atoms with Crippen LogP contribution in [0.15, 0.2) is 0 Å². The normalized spacial score (nSPS) is 17.3. The summed E-state index contributed by atoms with van der Waals surface area (Å²) >= 11 is 0. The predicted octanol–water partition coefficient (Wildman–Crippen LogP) is -2.02. The molecule has 14 nitrogen and oxygen atoms in total. The number of aromatic nitrogens is 7. The van der Waals surface area contributed by atoms with E-state index in [1.807, 2.05) is 9.80 Å². The van der Waals surface area contributed by atoms with E-state index in [1.54, 1.807) is 6.92 Å². The Balaban J connectivity index is 1.48. The fraction of sp³-hybridized carbons (Fsp3) is 0.667. The minimum atomic E-state index is -0.332. The number of aryl methyl sites for hydroxylation is 1. The van der Waals surface area contributed by atoms with Crippen LogP contribution in [0.25, 0.3) is 0 Å². The summed E-state index contributed by atoms with van der Waals surface area (Å²) in [6, 6.07) is 0. The van der Waals surface area contributed by atoms with Crippen LogP contribution in [0.2, 0.25) is 0 Å². The number of carbonyl (C=O) groups excluding carboxylic acids is 1. The summed E-state index contributed by atoms with van der Waals surface area (Å²) in [6.45, 7) is 6.92. The maximum Gasteiger partial charge on any atom is 0.260 e. The third kappa shape index (κ3) is 4.83. The molecule has 2 aliphatic heterocycles. The van der Waals surface area contributed by atoms with Crippen LogP contribution in [0.3, 0.4) is 0 Å². The molecule has 4 heterocycles. The summed E-state index contributed by atoms with van der Waals surface area (Å²) in [4.78, 5) is 29.8. The number of hydrogen-bond acceptors (Lipinski definition) is 12. The first-order valence-corrected chi connectivity index (χ1v) is 9.38. The number of hydrogen-bond donors (Lipinski definition) is 2. The molecule has 2 aromatic heterocycles. The molecular weight excluding hydrogens is 382 g/mol. The summed E-state index contributed by atoms with van der Waals surface area (Å²) in [5.74, 6) is 1.55. The smallest absolute Gasteiger partial charge is 0.260 e. The number of nitrogens with one attached hydrogen (secondary N) is 2. The van der Waals surface area contributed by atoms with Crippen molar-refractivity contribution >= 4 is 23.8 Å². The molecular formula is C15H23N11O3. The van der Waals surface area contributed by atoms with Crippen LogP contribution < -0.4 is 20.7 Å². The van der Waals surface area contributed by atoms with Gasteiger partial charge in [-0.15, -0.1) is 5.10 Å². The van der Waals surface area contributed by atoms with E-state index in [0.29, 0.717) is 70.3 Å². The van der Waals surface area contributed by atoms with Crippen LogP contribution in [0.5, 0.6) is 0 Å². The van der Waals surface area contributed by atoms with Crippen molar-refractivity contribution in [2.75, 3.05) is 67.8 Å². The number of rotatable bonds is 6. The van der Waals surface area contributed by atoms with Crippen molar-refractivity contribution in [3.63, 3.8) is 0 Å². The highest BCUT2D eigenvalue weighted by atomic mass is 16.5. The predicted molar refractivity (Wildman–Crippen MR) is 100 cm³/mol. The van der Waals surface area contributed by atoms with Crippen LogP contribution >= 0.6 is 0 Å². The van der Waals surface area contributed by atoms with Gasteiger partial charge in [-0.25, -0.2) is 4.68 Å². The molecule has 0 atom stereocenters. The van der Waals surface area contributed by atoms with Gasteiger partial charge in [0.2, 0.25) is 17.8 Å². The second-order valence-electron chi connectivity index (χ2n) is 6.51. The number of hydrazine groups is 1. The van der Waals surface area contributed by atoms with Crippen molar-refractivity contribution in [1.82, 2.24) is 40.6 Å². The zero-order valence-electron chi connectivity index (χ0n) is 16.1. The molecule has 2 fully saturated rings. The van der Waals surface area contributed by atoms with Gasteiger partial charge in [0.25, 0.3) is 5.91 Å². The molecule has 2 aliphatic rings. The largest absolute Gasteiger partial charge is 0.378 e. The van der Waals surface area contributed by atoms with E-state index in [2.05, 4.69) is 41.3 Å². The molecule has 14 heteroatoms. The molecule has 1 amide bonds. The van der Waals surface area contributed by atoms with Crippen LogP contribution in [0.4, 0.5) is 17.8 Å². The summed E-state index contributed by atoms with van der Waals surface area (Å²) < 4.78 is 12.2. The van der Waals surface area contributed by atoms with Gasteiger partial charge in [-0.3, -0.25) is 15.6 Å². The van der Waals surface area contributed by atoms with Crippen LogP contribution in [-0.4, -0.2) is 93.7 Å². The molecule has 2 saturated heterocycles. The molecule has 0 radical (unpaired) electrons. The fourth-order valence-corrected chi connectivity index (χ4v) is 2.92. The average Bonchev–Trinajstić information content (AvgIpc) is 3.17. The van der Waals surface area contributed by atoms with Crippen molar-refractivity contribution in [3.05, 3.63) is 5.82 Å². The Bertz CT molecular complexity index is 796. The highest BCUT2D eigenvalue weighted by Gasteiger charge is 2.21. The highest BCUT2D eigenvalue weighted by molar-refractivity contribution is 5.76. The summed E-state index contributed by atoms with van der Waals surface area (Å²) in [7, 11) is 0. The second kappa shape index (κ2) is 8.91. The Morgan fingerprint density at radius 1 is 0.966 bits per heavy atom. The molecule has 0 bridgehead atoms. The van der Waals surface area contributed by atoms with Gasteiger partial charge in [-0.05, 0) is 17.4 Å². The van der Waals surface area contributed by atoms with Crippen molar-refractivity contribution in [2.45, 2.75) is 13.5 Å². The van der Waals surface area contributed by atoms with E-state index in [1.165, 1.54) is 4.68 Å². The van der Waals surface area contributed by atoms with Gasteiger partial charge in [-0.2, -0.15) is 15.0 Å². The summed E-state index contributed by atoms with van der Waals surface area (Å²) in [5.41, 5.74) is 5.36. The molecule has 0 spiro atoms. The Kier molecular flexibility index (Phi) is 5.90. The first-order valence-electron chi connectivity index (χ1n) is 9.38. The summed E-state index contributed by atoms with van der Waals surface area (Å²) in [5, 5.41) is 11.0. The van der Waals surface area contributed by atoms with Gasteiger partial charge in [0.15, 0.2) is 0 Å². The highest BCUT2D eigenvalue weighted by Crippen LogP contribution is 2.18. The van der Waals surface area contributed by atoms with E-state index < -0.39 is 0 Å². The maximum absolute atomic E-state index is 12.2. The average molecular weight is 405 g/mol. The van der Waals surface area contributed by atoms with Gasteiger partial charge in [-0.1, -0.05) is 0 Å². The molecule has 0 aliphatic carbocycles. The molecule has 29 heavy (non-hydrogen) atoms. The van der Waals surface area contributed by atoms with Gasteiger partial charge in [0.1, 0.15) is 12.4 Å². The van der Waals surface area contributed by atoms with Crippen LogP contribution in [0.1, 0.15) is 5.82 Å². The first-order chi connectivity index (χ1) is 14.2. The molecule has 0 saturated carbocycles. The van der Waals surface area contributed by atoms with E-state index in [4.69, 9.17) is 9.47 Å². The quantitative estimate of drug-likeness (QED) is 0.511. The lowest BCUT2D eigenvalue weighted by Crippen LogP contribution is -2.40. The Morgan fingerprint density at radius 3 is 2.07 bits per heavy atom. The van der Waals surface area contributed by atoms with Crippen LogP contribution in [-0.2, 0) is 20.8 Å². The lowest BCUT2D eigenvalue weighted by atomic mass is 10.4. The topological polar surface area (TPSA) is 148 Å². The number of morpholine rings is 2. The third-order valence-corrected chi connectivity index (χ3v) is 4.52. The van der Waals surface area contributed by atoms with Crippen LogP contribution in [0, 0.1) is 6.92 Å². The van der Waals surface area contributed by atoms with E-state index in [0.717, 1.165) is 0 Å². The fourth-order valence-electron chi connectivity index (χ4n) is 2.92. The number of carbonyl (C=O) groups is 1. The number of ether oxygens (including phenoxy) is 2. The number of tetrazole rings is 1. The van der Waals surface area contributed by atoms with Crippen molar-refractivity contribution in [1.29, 1.82) is 0 Å². The minimum Gasteiger partial charge on any atom is -0.378 e. The Labute approximate surface area is 166 Å². The zero-order chi connectivity index (χ0) is 20.1. The van der Waals surface area contributed by atoms with E-state index in [-0.39, 0.29) is 18.4 Å². The Morgan fingerprint density at radius 2 is 1.55 bits per heavy atom. The lowest BCUT2D eigenvalue weighted by Gasteiger charge is -2.30. The number of nitrogens with zero attached hydrogens (tertiary/aromatic N) is 9. The lowest BCUT2D eigenvalue weighted by molar-refractivity contribution is -0.121. The van der Waals surface area contributed by atoms with Crippen molar-refractivity contribution in [3.8, 4) is 0 Å². The minimum absolute atomic E-state index is 0.0242. The number of amides is 1. The second-order valence-corrected chi connectivity index (χ2v) is 6.51. The van der Waals surface area contributed by atoms with Gasteiger partial charge in [0.05, 0.1) is 26.4 Å². The third-order valence-electron chi connectivity index (χ3n) is 4.52. The van der Waals surface area contributed by atoms with Gasteiger partial charge in [0, 0.05) is 26.2 Å². The first kappa shape index (κ1) is 19.2. The van der Waals surface area contributed by atoms with E-state index >= 15 is 0 Å². The SMILES string of the molecule is Cc1nnnn1CC(=O)NNc1nc(N2CCOCC2)nc(N2CCOCC2)n1. The van der Waals surface area contributed by atoms with Crippen molar-refractivity contribution < 1.29 is 14.3 Å². The molecule has 2 aromatic rings. The summed E-state index contributed by atoms with van der Waals surface area (Å²) in [6.07, 6.45) is 0. The standard InChI is InChI=1S/C15H23N11O3/c1-11-19-22-23-26(11)10-12(27)20-21-13-16-14(24-2-6-28-7-3-24)18-15(17-13)25-4-8-29-9-5-25/h2-10H2,1H3,(H,20,27)(H,16,17,18,21). The van der Waals surface area contributed by atoms with Gasteiger partial charge >= 0.3 is 0 Å². The maximum atomic E-state index is 12.2. The molecule has 0 unspecified atom stereocenters. The molecule has 156 valence electrons. The van der Waals surface area contributed by atoms with Crippen molar-refractivity contribution in [2.24, 2.45) is 0 Å². The molecule has 2 N–H and O–H groups in total. The Hall–Kier alpha value is -3.13. The number of anilines is 3. The van der Waals surface area contributed by atoms with E-state index in [9.17, 15) is 4.79 Å². The van der Waals surface area contributed by atoms with Gasteiger partial charge < -0.3 is 19.3 Å². The molecule has 4 rings (SSSR count). The monoisotopic (exact) mass is 405 g/mol. The zero-order valence-corrected chi connectivity index (χ0v) is 16.1. The molecule has 0 aromatic carbocycles.